The van der Waals surface area contributed by atoms with Gasteiger partial charge in [-0.05, 0) is 17.6 Å². The quantitative estimate of drug-likeness (QED) is 0.627. The highest BCUT2D eigenvalue weighted by molar-refractivity contribution is 7.75. The Kier molecular flexibility index (Phi) is 5.11. The lowest BCUT2D eigenvalue weighted by molar-refractivity contribution is 1.35. The Balaban J connectivity index is 3.28. The molecule has 0 saturated carbocycles. The van der Waals surface area contributed by atoms with Gasteiger partial charge < -0.3 is 0 Å². The van der Waals surface area contributed by atoms with Crippen LogP contribution in [0.3, 0.4) is 0 Å². The minimum absolute atomic E-state index is 0.0306. The second-order valence-electron chi connectivity index (χ2n) is 4.90. The van der Waals surface area contributed by atoms with Gasteiger partial charge in [0.05, 0.1) is 4.94 Å². The van der Waals surface area contributed by atoms with Gasteiger partial charge in [-0.2, -0.15) is 0 Å². The van der Waals surface area contributed by atoms with Crippen LogP contribution in [0.5, 0.6) is 0 Å². The summed E-state index contributed by atoms with van der Waals surface area (Å²) in [6, 6.07) is 9.38. The van der Waals surface area contributed by atoms with Crippen molar-refractivity contribution in [3.05, 3.63) is 76.0 Å². The van der Waals surface area contributed by atoms with E-state index in [4.69, 9.17) is 23.2 Å². The van der Waals surface area contributed by atoms with Crippen LogP contribution in [0.2, 0.25) is 10.0 Å². The maximum Gasteiger partial charge on any atom is 0.246 e. The maximum atomic E-state index is 12.6. The van der Waals surface area contributed by atoms with Crippen molar-refractivity contribution in [2.45, 2.75) is 13.8 Å². The minimum atomic E-state index is -2.28. The molecule has 0 amide bonds. The second-order valence-corrected chi connectivity index (χ2v) is 9.82. The van der Waals surface area contributed by atoms with E-state index in [0.717, 1.165) is 5.30 Å². The van der Waals surface area contributed by atoms with Crippen molar-refractivity contribution < 1.29 is 0 Å². The molecular formula is C16H15Cl2O3P. The molecule has 6 heteroatoms. The molecule has 0 spiro atoms. The first-order chi connectivity index (χ1) is 10.4. The Hall–Kier alpha value is -1.15. The summed E-state index contributed by atoms with van der Waals surface area (Å²) in [4.78, 5) is 37.1. The third-order valence-corrected chi connectivity index (χ3v) is 9.51. The first-order valence-electron chi connectivity index (χ1n) is 6.89. The van der Waals surface area contributed by atoms with Gasteiger partial charge in [-0.25, -0.2) is 0 Å². The van der Waals surface area contributed by atoms with Crippen molar-refractivity contribution in [1.29, 1.82) is 0 Å². The molecule has 2 aromatic carbocycles. The van der Waals surface area contributed by atoms with Gasteiger partial charge >= 0.3 is 0 Å². The van der Waals surface area contributed by atoms with Gasteiger partial charge in [0.25, 0.3) is 0 Å². The average molecular weight is 357 g/mol. The van der Waals surface area contributed by atoms with Crippen molar-refractivity contribution in [1.82, 2.24) is 0 Å². The predicted octanol–water partition coefficient (Wildman–Crippen LogP) is 2.86. The van der Waals surface area contributed by atoms with E-state index < -0.39 is 28.2 Å². The molecule has 0 atom stereocenters. The highest BCUT2D eigenvalue weighted by Crippen LogP contribution is 2.47. The maximum absolute atomic E-state index is 12.6. The highest BCUT2D eigenvalue weighted by atomic mass is 35.5. The SMILES string of the molecule is CCP(CC)(c1ccccc1)=c1c(=O)c(Cl)c(Cl)c(=O)c1=O. The van der Waals surface area contributed by atoms with Gasteiger partial charge in [-0.3, -0.25) is 14.4 Å². The molecule has 0 aliphatic heterocycles. The molecule has 22 heavy (non-hydrogen) atoms. The second kappa shape index (κ2) is 6.54. The molecule has 0 radical (unpaired) electrons. The van der Waals surface area contributed by atoms with E-state index in [-0.39, 0.29) is 9.96 Å². The lowest BCUT2D eigenvalue weighted by Gasteiger charge is -2.23. The number of hydrogen-bond donors (Lipinski definition) is 0. The summed E-state index contributed by atoms with van der Waals surface area (Å²) in [5.74, 6) is 0. The smallest absolute Gasteiger partial charge is 0.246 e. The standard InChI is InChI=1S/C16H15Cl2O3P/c1-3-22(4-2,10-8-6-5-7-9-10)16-14(20)12(18)11(17)13(19)15(16)21/h5-9H,3-4H2,1-2H3. The zero-order chi connectivity index (χ0) is 16.5. The van der Waals surface area contributed by atoms with E-state index >= 15 is 0 Å². The number of benzene rings is 2. The van der Waals surface area contributed by atoms with Crippen LogP contribution in [0.1, 0.15) is 13.8 Å². The first kappa shape index (κ1) is 17.2. The van der Waals surface area contributed by atoms with Crippen LogP contribution < -0.4 is 21.6 Å². The van der Waals surface area contributed by atoms with Crippen molar-refractivity contribution in [2.24, 2.45) is 0 Å². The van der Waals surface area contributed by atoms with Crippen LogP contribution >= 0.6 is 30.1 Å². The Labute approximate surface area is 137 Å². The topological polar surface area (TPSA) is 51.2 Å². The van der Waals surface area contributed by atoms with Crippen LogP contribution in [-0.2, 0) is 0 Å². The summed E-state index contributed by atoms with van der Waals surface area (Å²) in [6.07, 6.45) is 1.21. The largest absolute Gasteiger partial charge is 0.287 e. The normalized spacial score (nSPS) is 11.6. The minimum Gasteiger partial charge on any atom is -0.287 e. The number of hydrogen-bond acceptors (Lipinski definition) is 3. The molecule has 116 valence electrons. The monoisotopic (exact) mass is 356 g/mol. The van der Waals surface area contributed by atoms with Crippen molar-refractivity contribution in [3.8, 4) is 0 Å². The van der Waals surface area contributed by atoms with Crippen LogP contribution in [0, 0.1) is 4.94 Å². The van der Waals surface area contributed by atoms with E-state index in [2.05, 4.69) is 0 Å². The molecule has 0 fully saturated rings. The van der Waals surface area contributed by atoms with Crippen molar-refractivity contribution in [2.75, 3.05) is 12.3 Å². The zero-order valence-electron chi connectivity index (χ0n) is 12.2. The molecule has 0 saturated heterocycles. The molecule has 0 heterocycles. The molecule has 0 aliphatic rings. The van der Waals surface area contributed by atoms with E-state index in [1.807, 2.05) is 44.2 Å². The summed E-state index contributed by atoms with van der Waals surface area (Å²) in [5.41, 5.74) is -2.29. The first-order valence-corrected chi connectivity index (χ1v) is 9.81. The molecule has 3 nitrogen and oxygen atoms in total. The van der Waals surface area contributed by atoms with Crippen molar-refractivity contribution in [3.63, 3.8) is 0 Å². The summed E-state index contributed by atoms with van der Waals surface area (Å²) in [7, 11) is 0. The van der Waals surface area contributed by atoms with Gasteiger partial charge in [-0.15, -0.1) is 0 Å². The average Bonchev–Trinajstić information content (AvgIpc) is 2.56. The van der Waals surface area contributed by atoms with Crippen molar-refractivity contribution >= 4 is 35.4 Å². The van der Waals surface area contributed by atoms with Gasteiger partial charge in [0.15, 0.2) is 0 Å². The molecule has 2 aromatic rings. The third kappa shape index (κ3) is 2.52. The van der Waals surface area contributed by atoms with Crippen LogP contribution in [0.25, 0.3) is 0 Å². The summed E-state index contributed by atoms with van der Waals surface area (Å²) in [5, 5.41) is 0.106. The fourth-order valence-electron chi connectivity index (χ4n) is 2.75. The number of rotatable bonds is 3. The highest BCUT2D eigenvalue weighted by Gasteiger charge is 2.24. The van der Waals surface area contributed by atoms with Crippen LogP contribution in [-0.4, -0.2) is 12.3 Å². The van der Waals surface area contributed by atoms with Gasteiger partial charge in [0.2, 0.25) is 16.3 Å². The molecule has 0 bridgehead atoms. The molecule has 2 rings (SSSR count). The fraction of sp³-hybridized carbons (Fsp3) is 0.250. The third-order valence-electron chi connectivity index (χ3n) is 3.99. The molecule has 0 N–H and O–H groups in total. The Morgan fingerprint density at radius 2 is 1.32 bits per heavy atom. The van der Waals surface area contributed by atoms with Gasteiger partial charge in [0.1, 0.15) is 10.0 Å². The van der Waals surface area contributed by atoms with Crippen LogP contribution in [0.4, 0.5) is 0 Å². The van der Waals surface area contributed by atoms with E-state index in [9.17, 15) is 14.4 Å². The van der Waals surface area contributed by atoms with Gasteiger partial charge in [0, 0.05) is 0 Å². The summed E-state index contributed by atoms with van der Waals surface area (Å²) < 4.78 is 0. The Morgan fingerprint density at radius 3 is 1.82 bits per heavy atom. The summed E-state index contributed by atoms with van der Waals surface area (Å²) >= 11 is 11.6. The fourth-order valence-corrected chi connectivity index (χ4v) is 6.97. The van der Waals surface area contributed by atoms with E-state index in [1.54, 1.807) is 0 Å². The van der Waals surface area contributed by atoms with E-state index in [1.165, 1.54) is 0 Å². The lowest BCUT2D eigenvalue weighted by Crippen LogP contribution is -2.34. The molecule has 0 aromatic heterocycles. The van der Waals surface area contributed by atoms with E-state index in [0.29, 0.717) is 12.3 Å². The molecule has 0 unspecified atom stereocenters. The Bertz CT molecular complexity index is 934. The number of halogens is 2. The Morgan fingerprint density at radius 1 is 0.818 bits per heavy atom. The lowest BCUT2D eigenvalue weighted by atomic mass is 10.3. The molecular weight excluding hydrogens is 342 g/mol. The van der Waals surface area contributed by atoms with Gasteiger partial charge in [-0.1, -0.05) is 74.3 Å². The zero-order valence-corrected chi connectivity index (χ0v) is 14.6. The predicted molar refractivity (Wildman–Crippen MR) is 95.0 cm³/mol. The molecule has 0 aliphatic carbocycles. The summed E-state index contributed by atoms with van der Waals surface area (Å²) in [6.45, 7) is 1.57. The van der Waals surface area contributed by atoms with Crippen LogP contribution in [0.15, 0.2) is 44.7 Å².